The summed E-state index contributed by atoms with van der Waals surface area (Å²) in [5.41, 5.74) is -0.815. The second-order valence-electron chi connectivity index (χ2n) is 7.92. The number of anilines is 1. The van der Waals surface area contributed by atoms with Crippen molar-refractivity contribution in [2.45, 2.75) is 51.1 Å². The number of benzene rings is 1. The van der Waals surface area contributed by atoms with Gasteiger partial charge in [-0.05, 0) is 51.0 Å². The average Bonchev–Trinajstić information content (AvgIpc) is 3.15. The molecule has 1 aliphatic heterocycles. The zero-order chi connectivity index (χ0) is 21.2. The Bertz CT molecular complexity index is 865. The van der Waals surface area contributed by atoms with Crippen LogP contribution in [0.25, 0.3) is 0 Å². The first kappa shape index (κ1) is 21.6. The van der Waals surface area contributed by atoms with Gasteiger partial charge < -0.3 is 10.1 Å². The number of amides is 2. The van der Waals surface area contributed by atoms with Crippen LogP contribution in [-0.2, 0) is 19.6 Å². The molecule has 1 atom stereocenters. The molecule has 2 aliphatic rings. The highest BCUT2D eigenvalue weighted by molar-refractivity contribution is 7.88. The maximum absolute atomic E-state index is 13.3. The molecule has 9 heteroatoms. The van der Waals surface area contributed by atoms with Gasteiger partial charge in [0.25, 0.3) is 0 Å². The summed E-state index contributed by atoms with van der Waals surface area (Å²) in [6, 6.07) is 6.99. The molecule has 1 aliphatic carbocycles. The number of carbonyl (C=O) groups is 2. The summed E-state index contributed by atoms with van der Waals surface area (Å²) in [5, 5.41) is 3.03. The molecule has 0 spiro atoms. The van der Waals surface area contributed by atoms with Crippen LogP contribution < -0.4 is 15.0 Å². The molecular weight excluding hydrogens is 394 g/mol. The number of rotatable bonds is 6. The van der Waals surface area contributed by atoms with Gasteiger partial charge in [0.05, 0.1) is 19.4 Å². The molecule has 29 heavy (non-hydrogen) atoms. The molecule has 1 aromatic rings. The highest BCUT2D eigenvalue weighted by Crippen LogP contribution is 2.32. The SMILES string of the molecule is CCOc1ccc(N2C(=O)CN(S(C)(=O)=O)C[C@]2(C)C(=O)NC2CCCC2)cc1. The lowest BCUT2D eigenvalue weighted by Gasteiger charge is -2.46. The fourth-order valence-electron chi connectivity index (χ4n) is 4.07. The lowest BCUT2D eigenvalue weighted by atomic mass is 9.94. The number of carbonyl (C=O) groups excluding carboxylic acids is 2. The van der Waals surface area contributed by atoms with Gasteiger partial charge >= 0.3 is 0 Å². The summed E-state index contributed by atoms with van der Waals surface area (Å²) in [7, 11) is -3.62. The molecule has 0 radical (unpaired) electrons. The van der Waals surface area contributed by atoms with E-state index in [0.29, 0.717) is 18.0 Å². The highest BCUT2D eigenvalue weighted by atomic mass is 32.2. The van der Waals surface area contributed by atoms with Gasteiger partial charge in [0, 0.05) is 18.3 Å². The summed E-state index contributed by atoms with van der Waals surface area (Å²) in [4.78, 5) is 27.7. The van der Waals surface area contributed by atoms with Crippen LogP contribution in [0, 0.1) is 0 Å². The Morgan fingerprint density at radius 2 is 1.86 bits per heavy atom. The van der Waals surface area contributed by atoms with E-state index in [-0.39, 0.29) is 25.0 Å². The van der Waals surface area contributed by atoms with E-state index in [9.17, 15) is 18.0 Å². The maximum atomic E-state index is 13.3. The van der Waals surface area contributed by atoms with Crippen LogP contribution in [0.3, 0.4) is 0 Å². The molecule has 8 nitrogen and oxygen atoms in total. The van der Waals surface area contributed by atoms with E-state index in [1.807, 2.05) is 6.92 Å². The van der Waals surface area contributed by atoms with E-state index in [1.54, 1.807) is 31.2 Å². The summed E-state index contributed by atoms with van der Waals surface area (Å²) >= 11 is 0. The third-order valence-corrected chi connectivity index (χ3v) is 6.79. The lowest BCUT2D eigenvalue weighted by Crippen LogP contribution is -2.70. The van der Waals surface area contributed by atoms with Gasteiger partial charge in [-0.2, -0.15) is 4.31 Å². The molecule has 3 rings (SSSR count). The van der Waals surface area contributed by atoms with Crippen molar-refractivity contribution in [1.82, 2.24) is 9.62 Å². The summed E-state index contributed by atoms with van der Waals surface area (Å²) in [6.07, 6.45) is 4.96. The van der Waals surface area contributed by atoms with Crippen LogP contribution in [0.1, 0.15) is 39.5 Å². The number of sulfonamides is 1. The average molecular weight is 424 g/mol. The molecule has 1 saturated heterocycles. The van der Waals surface area contributed by atoms with Crippen molar-refractivity contribution < 1.29 is 22.7 Å². The van der Waals surface area contributed by atoms with E-state index in [4.69, 9.17) is 4.74 Å². The number of hydrogen-bond acceptors (Lipinski definition) is 5. The van der Waals surface area contributed by atoms with Crippen molar-refractivity contribution >= 4 is 27.5 Å². The number of nitrogens with one attached hydrogen (secondary N) is 1. The molecule has 2 fully saturated rings. The molecule has 160 valence electrons. The molecule has 0 unspecified atom stereocenters. The lowest BCUT2D eigenvalue weighted by molar-refractivity contribution is -0.133. The van der Waals surface area contributed by atoms with Gasteiger partial charge in [0.2, 0.25) is 21.8 Å². The van der Waals surface area contributed by atoms with Crippen molar-refractivity contribution in [1.29, 1.82) is 0 Å². The monoisotopic (exact) mass is 423 g/mol. The smallest absolute Gasteiger partial charge is 0.247 e. The minimum absolute atomic E-state index is 0.0604. The van der Waals surface area contributed by atoms with E-state index >= 15 is 0 Å². The van der Waals surface area contributed by atoms with E-state index in [1.165, 1.54) is 4.90 Å². The van der Waals surface area contributed by atoms with Gasteiger partial charge in [0.15, 0.2) is 0 Å². The Kier molecular flexibility index (Phi) is 6.19. The molecule has 0 aromatic heterocycles. The molecule has 0 bridgehead atoms. The first-order chi connectivity index (χ1) is 13.6. The maximum Gasteiger partial charge on any atom is 0.247 e. The minimum Gasteiger partial charge on any atom is -0.494 e. The third kappa shape index (κ3) is 4.56. The van der Waals surface area contributed by atoms with Crippen molar-refractivity contribution in [2.75, 3.05) is 30.9 Å². The van der Waals surface area contributed by atoms with Gasteiger partial charge in [-0.15, -0.1) is 0 Å². The Balaban J connectivity index is 1.96. The quantitative estimate of drug-likeness (QED) is 0.748. The molecule has 1 aromatic carbocycles. The standard InChI is InChI=1S/C20H29N3O5S/c1-4-28-17-11-9-16(10-12-17)23-18(24)13-22(29(3,26)27)14-20(23,2)19(25)21-15-7-5-6-8-15/h9-12,15H,4-8,13-14H2,1-3H3,(H,21,25)/t20-/m1/s1. The number of nitrogens with zero attached hydrogens (tertiary/aromatic N) is 2. The van der Waals surface area contributed by atoms with Crippen molar-refractivity contribution in [3.63, 3.8) is 0 Å². The number of hydrogen-bond donors (Lipinski definition) is 1. The molecule has 1 heterocycles. The Morgan fingerprint density at radius 3 is 2.41 bits per heavy atom. The van der Waals surface area contributed by atoms with E-state index < -0.39 is 21.5 Å². The molecule has 1 N–H and O–H groups in total. The predicted molar refractivity (Wildman–Crippen MR) is 110 cm³/mol. The second-order valence-corrected chi connectivity index (χ2v) is 9.90. The Morgan fingerprint density at radius 1 is 1.24 bits per heavy atom. The van der Waals surface area contributed by atoms with Gasteiger partial charge in [-0.3, -0.25) is 14.5 Å². The largest absolute Gasteiger partial charge is 0.494 e. The first-order valence-electron chi connectivity index (χ1n) is 9.97. The zero-order valence-corrected chi connectivity index (χ0v) is 18.0. The van der Waals surface area contributed by atoms with Crippen LogP contribution in [0.4, 0.5) is 5.69 Å². The van der Waals surface area contributed by atoms with Crippen LogP contribution >= 0.6 is 0 Å². The van der Waals surface area contributed by atoms with Gasteiger partial charge in [-0.1, -0.05) is 12.8 Å². The van der Waals surface area contributed by atoms with Gasteiger partial charge in [-0.25, -0.2) is 8.42 Å². The van der Waals surface area contributed by atoms with Gasteiger partial charge in [0.1, 0.15) is 11.3 Å². The molecule has 1 saturated carbocycles. The van der Waals surface area contributed by atoms with Crippen molar-refractivity contribution in [2.24, 2.45) is 0 Å². The first-order valence-corrected chi connectivity index (χ1v) is 11.8. The van der Waals surface area contributed by atoms with Crippen LogP contribution in [0.15, 0.2) is 24.3 Å². The highest BCUT2D eigenvalue weighted by Gasteiger charge is 2.50. The van der Waals surface area contributed by atoms with Crippen LogP contribution in [-0.4, -0.2) is 62.1 Å². The van der Waals surface area contributed by atoms with Crippen molar-refractivity contribution in [3.8, 4) is 5.75 Å². The number of piperazine rings is 1. The van der Waals surface area contributed by atoms with E-state index in [2.05, 4.69) is 5.32 Å². The summed E-state index contributed by atoms with van der Waals surface area (Å²) < 4.78 is 30.8. The zero-order valence-electron chi connectivity index (χ0n) is 17.2. The number of ether oxygens (including phenoxy) is 1. The Hall–Kier alpha value is -2.13. The van der Waals surface area contributed by atoms with Crippen LogP contribution in [0.2, 0.25) is 0 Å². The van der Waals surface area contributed by atoms with Crippen LogP contribution in [0.5, 0.6) is 5.75 Å². The predicted octanol–water partition coefficient (Wildman–Crippen LogP) is 1.51. The fraction of sp³-hybridized carbons (Fsp3) is 0.600. The van der Waals surface area contributed by atoms with E-state index in [0.717, 1.165) is 36.2 Å². The topological polar surface area (TPSA) is 96.0 Å². The second kappa shape index (κ2) is 8.31. The molecular formula is C20H29N3O5S. The summed E-state index contributed by atoms with van der Waals surface area (Å²) in [6.45, 7) is 3.64. The summed E-state index contributed by atoms with van der Waals surface area (Å²) in [5.74, 6) is -0.106. The van der Waals surface area contributed by atoms with Crippen molar-refractivity contribution in [3.05, 3.63) is 24.3 Å². The molecule has 2 amide bonds. The third-order valence-electron chi connectivity index (χ3n) is 5.59. The minimum atomic E-state index is -3.62. The Labute approximate surface area is 172 Å². The fourth-order valence-corrected chi connectivity index (χ4v) is 4.90. The normalized spacial score (nSPS) is 24.0.